The first-order chi connectivity index (χ1) is 9.18. The van der Waals surface area contributed by atoms with Crippen LogP contribution < -0.4 is 5.32 Å². The molecule has 20 heavy (non-hydrogen) atoms. The van der Waals surface area contributed by atoms with Crippen molar-refractivity contribution in [3.05, 3.63) is 0 Å². The van der Waals surface area contributed by atoms with Gasteiger partial charge in [0.25, 0.3) is 0 Å². The van der Waals surface area contributed by atoms with E-state index in [-0.39, 0.29) is 42.3 Å². The zero-order valence-corrected chi connectivity index (χ0v) is 13.1. The van der Waals surface area contributed by atoms with Crippen molar-refractivity contribution in [1.82, 2.24) is 5.32 Å². The minimum absolute atomic E-state index is 0.000646. The molecule has 1 aliphatic rings. The van der Waals surface area contributed by atoms with Gasteiger partial charge in [-0.05, 0) is 32.1 Å². The number of hydrogen-bond acceptors (Lipinski definition) is 5. The summed E-state index contributed by atoms with van der Waals surface area (Å²) in [7, 11) is -2.04. The molecule has 0 atom stereocenters. The predicted octanol–water partition coefficient (Wildman–Crippen LogP) is 0.659. The maximum atomic E-state index is 12.0. The minimum Gasteiger partial charge on any atom is -0.469 e. The number of hydrogen-bond donors (Lipinski definition) is 1. The first-order valence-corrected chi connectivity index (χ1v) is 8.57. The highest BCUT2D eigenvalue weighted by Gasteiger charge is 2.47. The van der Waals surface area contributed by atoms with Crippen molar-refractivity contribution < 1.29 is 22.7 Å². The van der Waals surface area contributed by atoms with Crippen LogP contribution in [0.4, 0.5) is 0 Å². The molecule has 116 valence electrons. The van der Waals surface area contributed by atoms with Gasteiger partial charge in [-0.3, -0.25) is 9.59 Å². The fourth-order valence-corrected chi connectivity index (χ4v) is 4.07. The Balaban J connectivity index is 2.46. The molecule has 0 aromatic rings. The van der Waals surface area contributed by atoms with Crippen molar-refractivity contribution >= 4 is 21.7 Å². The number of ether oxygens (including phenoxy) is 1. The second kappa shape index (κ2) is 6.56. The van der Waals surface area contributed by atoms with E-state index in [0.29, 0.717) is 0 Å². The Bertz CT molecular complexity index is 465. The molecule has 0 aromatic heterocycles. The van der Waals surface area contributed by atoms with E-state index < -0.39 is 15.3 Å². The van der Waals surface area contributed by atoms with Crippen LogP contribution >= 0.6 is 0 Å². The number of methoxy groups -OCH3 is 1. The van der Waals surface area contributed by atoms with Gasteiger partial charge in [-0.15, -0.1) is 0 Å². The van der Waals surface area contributed by atoms with E-state index in [0.717, 1.165) is 12.8 Å². The van der Waals surface area contributed by atoms with E-state index in [4.69, 9.17) is 0 Å². The molecule has 0 saturated heterocycles. The molecule has 1 fully saturated rings. The zero-order valence-electron chi connectivity index (χ0n) is 12.3. The number of carbonyl (C=O) groups is 2. The molecule has 0 bridgehead atoms. The van der Waals surface area contributed by atoms with Gasteiger partial charge in [0, 0.05) is 12.5 Å². The van der Waals surface area contributed by atoms with Gasteiger partial charge in [0.2, 0.25) is 5.91 Å². The summed E-state index contributed by atoms with van der Waals surface area (Å²) in [6.07, 6.45) is 1.55. The summed E-state index contributed by atoms with van der Waals surface area (Å²) in [5.41, 5.74) is -0.458. The van der Waals surface area contributed by atoms with Crippen LogP contribution in [0.2, 0.25) is 0 Å². The molecule has 0 radical (unpaired) electrons. The molecule has 1 rings (SSSR count). The highest BCUT2D eigenvalue weighted by molar-refractivity contribution is 7.91. The van der Waals surface area contributed by atoms with Crippen molar-refractivity contribution in [2.75, 3.05) is 18.6 Å². The third kappa shape index (κ3) is 5.90. The molecule has 1 saturated carbocycles. The van der Waals surface area contributed by atoms with Gasteiger partial charge in [0.15, 0.2) is 9.84 Å². The molecule has 0 unspecified atom stereocenters. The third-order valence-electron chi connectivity index (χ3n) is 3.32. The second-order valence-corrected chi connectivity index (χ2v) is 8.00. The van der Waals surface area contributed by atoms with Gasteiger partial charge >= 0.3 is 5.97 Å². The van der Waals surface area contributed by atoms with E-state index >= 15 is 0 Å². The van der Waals surface area contributed by atoms with Gasteiger partial charge in [-0.2, -0.15) is 0 Å². The van der Waals surface area contributed by atoms with Gasteiger partial charge in [-0.1, -0.05) is 0 Å². The normalized spacial score (nSPS) is 16.8. The Morgan fingerprint density at radius 3 is 2.35 bits per heavy atom. The summed E-state index contributed by atoms with van der Waals surface area (Å²) in [6, 6.07) is -0.000646. The number of esters is 1. The van der Waals surface area contributed by atoms with Crippen LogP contribution in [-0.2, 0) is 24.2 Å². The Labute approximate surface area is 120 Å². The third-order valence-corrected chi connectivity index (χ3v) is 5.20. The zero-order chi connectivity index (χ0) is 15.4. The average Bonchev–Trinajstić information content (AvgIpc) is 3.04. The molecule has 6 nitrogen and oxygen atoms in total. The van der Waals surface area contributed by atoms with Crippen LogP contribution in [0, 0.1) is 5.41 Å². The summed E-state index contributed by atoms with van der Waals surface area (Å²) in [4.78, 5) is 22.7. The van der Waals surface area contributed by atoms with E-state index in [9.17, 15) is 18.0 Å². The molecule has 1 aliphatic carbocycles. The van der Waals surface area contributed by atoms with Gasteiger partial charge < -0.3 is 10.1 Å². The molecule has 1 amide bonds. The smallest absolute Gasteiger partial charge is 0.306 e. The predicted molar refractivity (Wildman–Crippen MR) is 74.8 cm³/mol. The Morgan fingerprint density at radius 2 is 1.90 bits per heavy atom. The lowest BCUT2D eigenvalue weighted by Gasteiger charge is -2.14. The SMILES string of the molecule is COC(=O)CC1(CS(=O)(=O)CCC(=O)NC(C)C)CC1. The van der Waals surface area contributed by atoms with Crippen LogP contribution in [0.25, 0.3) is 0 Å². The van der Waals surface area contributed by atoms with E-state index in [2.05, 4.69) is 10.1 Å². The largest absolute Gasteiger partial charge is 0.469 e. The molecule has 0 heterocycles. The maximum absolute atomic E-state index is 12.0. The first kappa shape index (κ1) is 16.9. The van der Waals surface area contributed by atoms with E-state index in [1.807, 2.05) is 13.8 Å². The highest BCUT2D eigenvalue weighted by atomic mass is 32.2. The van der Waals surface area contributed by atoms with Gasteiger partial charge in [-0.25, -0.2) is 8.42 Å². The summed E-state index contributed by atoms with van der Waals surface area (Å²) in [5.74, 6) is -0.852. The highest BCUT2D eigenvalue weighted by Crippen LogP contribution is 2.50. The first-order valence-electron chi connectivity index (χ1n) is 6.75. The lowest BCUT2D eigenvalue weighted by molar-refractivity contribution is -0.141. The summed E-state index contributed by atoms with van der Waals surface area (Å²) >= 11 is 0. The van der Waals surface area contributed by atoms with Crippen molar-refractivity contribution in [2.45, 2.75) is 45.6 Å². The van der Waals surface area contributed by atoms with Crippen LogP contribution in [-0.4, -0.2) is 45.0 Å². The maximum Gasteiger partial charge on any atom is 0.306 e. The number of carbonyl (C=O) groups excluding carboxylic acids is 2. The van der Waals surface area contributed by atoms with Crippen LogP contribution in [0.1, 0.15) is 39.5 Å². The van der Waals surface area contributed by atoms with Crippen molar-refractivity contribution in [2.24, 2.45) is 5.41 Å². The van der Waals surface area contributed by atoms with Gasteiger partial charge in [0.05, 0.1) is 25.0 Å². The summed E-state index contributed by atoms with van der Waals surface area (Å²) < 4.78 is 28.6. The fraction of sp³-hybridized carbons (Fsp3) is 0.846. The molecule has 7 heteroatoms. The minimum atomic E-state index is -3.33. The van der Waals surface area contributed by atoms with Crippen LogP contribution in [0.15, 0.2) is 0 Å². The molecular formula is C13H23NO5S. The summed E-state index contributed by atoms with van der Waals surface area (Å²) in [6.45, 7) is 3.64. The molecule has 0 aromatic carbocycles. The van der Waals surface area contributed by atoms with E-state index in [1.54, 1.807) is 0 Å². The van der Waals surface area contributed by atoms with Gasteiger partial charge in [0.1, 0.15) is 0 Å². The fourth-order valence-electron chi connectivity index (χ4n) is 2.11. The Morgan fingerprint density at radius 1 is 1.30 bits per heavy atom. The van der Waals surface area contributed by atoms with E-state index in [1.165, 1.54) is 7.11 Å². The standard InChI is InChI=1S/C13H23NO5S/c1-10(2)14-11(15)4-7-20(17,18)9-13(5-6-13)8-12(16)19-3/h10H,4-9H2,1-3H3,(H,14,15). The molecular weight excluding hydrogens is 282 g/mol. The van der Waals surface area contributed by atoms with Crippen LogP contribution in [0.5, 0.6) is 0 Å². The molecule has 0 spiro atoms. The molecule has 0 aliphatic heterocycles. The second-order valence-electron chi connectivity index (χ2n) is 5.82. The summed E-state index contributed by atoms with van der Waals surface area (Å²) in [5, 5.41) is 2.66. The monoisotopic (exact) mass is 305 g/mol. The Hall–Kier alpha value is -1.11. The lowest BCUT2D eigenvalue weighted by atomic mass is 10.1. The Kier molecular flexibility index (Phi) is 5.56. The van der Waals surface area contributed by atoms with Crippen molar-refractivity contribution in [1.29, 1.82) is 0 Å². The van der Waals surface area contributed by atoms with Crippen LogP contribution in [0.3, 0.4) is 0 Å². The average molecular weight is 305 g/mol. The number of sulfone groups is 1. The topological polar surface area (TPSA) is 89.5 Å². The number of rotatable bonds is 8. The number of nitrogens with one attached hydrogen (secondary N) is 1. The van der Waals surface area contributed by atoms with Crippen molar-refractivity contribution in [3.63, 3.8) is 0 Å². The lowest BCUT2D eigenvalue weighted by Crippen LogP contribution is -2.32. The molecule has 1 N–H and O–H groups in total. The number of amides is 1. The quantitative estimate of drug-likeness (QED) is 0.665. The van der Waals surface area contributed by atoms with Crippen molar-refractivity contribution in [3.8, 4) is 0 Å².